The van der Waals surface area contributed by atoms with Crippen LogP contribution in [-0.2, 0) is 98.5 Å². The lowest BCUT2D eigenvalue weighted by Gasteiger charge is -2.27. The highest BCUT2D eigenvalue weighted by Crippen LogP contribution is 2.40. The van der Waals surface area contributed by atoms with Crippen molar-refractivity contribution in [3.63, 3.8) is 0 Å². The quantitative estimate of drug-likeness (QED) is 0.0333. The Morgan fingerprint density at radius 3 is 0.528 bits per heavy atom. The zero-order valence-corrected chi connectivity index (χ0v) is 69.8. The van der Waals surface area contributed by atoms with Gasteiger partial charge in [-0.2, -0.15) is 0 Å². The van der Waals surface area contributed by atoms with Crippen LogP contribution in [0.5, 0.6) is 0 Å². The summed E-state index contributed by atoms with van der Waals surface area (Å²) < 4.78 is 84.1. The van der Waals surface area contributed by atoms with Crippen LogP contribution in [0.15, 0.2) is 231 Å². The Balaban J connectivity index is 0.000000273. The summed E-state index contributed by atoms with van der Waals surface area (Å²) in [5, 5.41) is 0. The summed E-state index contributed by atoms with van der Waals surface area (Å²) in [6, 6.07) is 86.3. The minimum atomic E-state index is -2.65. The maximum absolute atomic E-state index is 5.62. The third-order valence-corrected chi connectivity index (χ3v) is 33.8. The van der Waals surface area contributed by atoms with E-state index in [1.54, 1.807) is 107 Å². The van der Waals surface area contributed by atoms with Crippen molar-refractivity contribution in [2.75, 3.05) is 121 Å². The Kier molecular flexibility index (Phi) is 33.9. The Hall–Kier alpha value is -7.14. The molecule has 0 bridgehead atoms. The van der Waals surface area contributed by atoms with E-state index in [-0.39, 0.29) is 0 Å². The highest BCUT2D eigenvalue weighted by molar-refractivity contribution is 6.62. The summed E-state index contributed by atoms with van der Waals surface area (Å²) in [4.78, 5) is 6.88. The van der Waals surface area contributed by atoms with Gasteiger partial charge in [-0.25, -0.2) is 0 Å². The third-order valence-electron chi connectivity index (χ3n) is 19.8. The van der Waals surface area contributed by atoms with E-state index < -0.39 is 44.0 Å². The highest BCUT2D eigenvalue weighted by Gasteiger charge is 2.40. The molecule has 0 saturated heterocycles. The van der Waals surface area contributed by atoms with E-state index in [1.807, 2.05) is 0 Å². The van der Waals surface area contributed by atoms with Crippen molar-refractivity contribution in [2.24, 2.45) is 0 Å². The van der Waals surface area contributed by atoms with Gasteiger partial charge in [-0.3, -0.25) is 0 Å². The van der Waals surface area contributed by atoms with Gasteiger partial charge in [0, 0.05) is 188 Å². The van der Waals surface area contributed by atoms with Crippen LogP contribution in [0.2, 0.25) is 30.2 Å². The van der Waals surface area contributed by atoms with Crippen molar-refractivity contribution in [1.29, 1.82) is 0 Å². The first-order valence-corrected chi connectivity index (χ1v) is 45.7. The van der Waals surface area contributed by atoms with E-state index in [9.17, 15) is 0 Å². The number of benzene rings is 9. The highest BCUT2D eigenvalue weighted by atomic mass is 28.4. The molecule has 0 radical (unpaired) electrons. The van der Waals surface area contributed by atoms with Gasteiger partial charge in [0.15, 0.2) is 0 Å². The Morgan fingerprint density at radius 1 is 0.179 bits per heavy atom. The smallest absolute Gasteiger partial charge is 0.377 e. The van der Waals surface area contributed by atoms with Crippen LogP contribution in [0, 0.1) is 0 Å². The average molecular weight is 1530 g/mol. The first-order chi connectivity index (χ1) is 51.6. The lowest BCUT2D eigenvalue weighted by Crippen LogP contribution is -2.43. The molecule has 0 unspecified atom stereocenters. The minimum absolute atomic E-state index is 0.702. The zero-order chi connectivity index (χ0) is 75.8. The number of hydrogen-bond donors (Lipinski definition) is 0. The van der Waals surface area contributed by atoms with Gasteiger partial charge in [0.2, 0.25) is 0 Å². The van der Waals surface area contributed by atoms with E-state index in [4.69, 9.17) is 66.4 Å². The second-order valence-electron chi connectivity index (χ2n) is 25.5. The zero-order valence-electron chi connectivity index (χ0n) is 64.8. The molecule has 0 aliphatic heterocycles. The number of nitrogens with zero attached hydrogens (tertiary/aromatic N) is 3. The molecule has 0 aliphatic carbocycles. The summed E-state index contributed by atoms with van der Waals surface area (Å²) in [5.41, 5.74) is 18.3. The van der Waals surface area contributed by atoms with Gasteiger partial charge in [0.05, 0.1) is 0 Å². The van der Waals surface area contributed by atoms with Gasteiger partial charge in [-0.15, -0.1) is 0 Å². The van der Waals surface area contributed by atoms with E-state index in [0.29, 0.717) is 6.04 Å². The number of aryl methyl sites for hydroxylation is 5. The molecule has 568 valence electrons. The molecule has 0 spiro atoms. The molecule has 0 fully saturated rings. The number of anilines is 9. The Bertz CT molecular complexity index is 3650. The molecule has 23 heteroatoms. The summed E-state index contributed by atoms with van der Waals surface area (Å²) in [6.45, 7) is 0. The topological polar surface area (TPSA) is 148 Å². The van der Waals surface area contributed by atoms with Crippen LogP contribution in [0.25, 0.3) is 11.1 Å². The normalized spacial score (nSPS) is 12.1. The van der Waals surface area contributed by atoms with Crippen molar-refractivity contribution < 1.29 is 66.4 Å². The Labute approximate surface area is 636 Å². The molecule has 0 amide bonds. The molecule has 0 heterocycles. The summed E-state index contributed by atoms with van der Waals surface area (Å²) in [6.07, 6.45) is 8.12. The van der Waals surface area contributed by atoms with Gasteiger partial charge in [0.25, 0.3) is 0 Å². The molecule has 9 aromatic carbocycles. The molecule has 9 rings (SSSR count). The fourth-order valence-electron chi connectivity index (χ4n) is 13.3. The maximum Gasteiger partial charge on any atom is 0.500 e. The van der Waals surface area contributed by atoms with Crippen molar-refractivity contribution in [3.8, 4) is 11.1 Å². The average Bonchev–Trinajstić information content (AvgIpc) is 0.797. The van der Waals surface area contributed by atoms with Crippen molar-refractivity contribution in [2.45, 2.75) is 88.0 Å². The largest absolute Gasteiger partial charge is 0.500 e. The fraction of sp³-hybridized carbons (Fsp3) is 0.349. The predicted octanol–water partition coefficient (Wildman–Crippen LogP) is 19.1. The second kappa shape index (κ2) is 42.6. The van der Waals surface area contributed by atoms with Crippen LogP contribution >= 0.6 is 0 Å². The van der Waals surface area contributed by atoms with Crippen LogP contribution < -0.4 is 14.7 Å². The SMILES string of the molecule is CO[Si](CCCc1ccc(N(c2ccc(CCC[Si](OC)(OC)OC)cc2)c2ccc(CC[Si](OC)(OC)OC)cc2)cc1)(OC)OC.CO[Si](CCCc1ccc(N(c2ccccc2)c2ccc(-c3ccc(N(c4ccccc4)c4ccc(CCC[Si](OC)(OC)OC)cc4)cc3)cc2)cc1)(OC)OC. The van der Waals surface area contributed by atoms with Gasteiger partial charge in [0.1, 0.15) is 0 Å². The molecule has 0 aliphatic rings. The minimum Gasteiger partial charge on any atom is -0.377 e. The molecule has 106 heavy (non-hydrogen) atoms. The Morgan fingerprint density at radius 2 is 0.340 bits per heavy atom. The van der Waals surface area contributed by atoms with Crippen molar-refractivity contribution in [1.82, 2.24) is 0 Å². The van der Waals surface area contributed by atoms with Crippen LogP contribution in [-0.4, -0.2) is 151 Å². The lowest BCUT2D eigenvalue weighted by molar-refractivity contribution is 0.122. The standard InChI is InChI=1S/C48H56N2O6Si2.C35H55NO9Si3/c1-51-57(52-2,53-3)37-13-15-39-21-29-45(30-22-39)49(43-17-9-7-10-18-43)47-33-25-41(26-34-47)42-27-35-48(36-28-42)50(44-19-11-8-12-20-44)46-31-23-40(24-32-46)16-14-38-58(54-4,55-5)56-6;1-37-46(38-2,39-3)27-10-12-30-14-20-33(21-15-30)36(35-24-18-32(19-25-35)26-29-48(43-7,44-8)45-9)34-22-16-31(17-23-34)13-11-28-47(40-4,41-5)42-6/h7-12,17-36H,13-16,37-38H2,1-6H3;14-25H,10-13,26-29H2,1-9H3. The van der Waals surface area contributed by atoms with Crippen LogP contribution in [0.3, 0.4) is 0 Å². The van der Waals surface area contributed by atoms with E-state index in [0.717, 1.165) is 144 Å². The molecule has 0 atom stereocenters. The third kappa shape index (κ3) is 22.7. The number of hydrogen-bond acceptors (Lipinski definition) is 18. The van der Waals surface area contributed by atoms with Gasteiger partial charge >= 0.3 is 44.0 Å². The number of rotatable bonds is 44. The predicted molar refractivity (Wildman–Crippen MR) is 437 cm³/mol. The van der Waals surface area contributed by atoms with Crippen molar-refractivity contribution >= 4 is 95.2 Å². The first kappa shape index (κ1) is 84.5. The van der Waals surface area contributed by atoms with Crippen molar-refractivity contribution in [3.05, 3.63) is 258 Å². The van der Waals surface area contributed by atoms with E-state index in [1.165, 1.54) is 27.8 Å². The summed E-state index contributed by atoms with van der Waals surface area (Å²) in [7, 11) is 11.9. The number of para-hydroxylation sites is 2. The summed E-state index contributed by atoms with van der Waals surface area (Å²) in [5.74, 6) is 0. The summed E-state index contributed by atoms with van der Waals surface area (Å²) >= 11 is 0. The molecule has 18 nitrogen and oxygen atoms in total. The van der Waals surface area contributed by atoms with Gasteiger partial charge in [-0.05, 0) is 206 Å². The molecular formula is C83H111N3O15Si5. The maximum atomic E-state index is 5.62. The van der Waals surface area contributed by atoms with E-state index >= 15 is 0 Å². The fourth-order valence-corrected chi connectivity index (χ4v) is 21.9. The lowest BCUT2D eigenvalue weighted by atomic mass is 10.0. The van der Waals surface area contributed by atoms with Crippen LogP contribution in [0.4, 0.5) is 51.2 Å². The first-order valence-electron chi connectivity index (χ1n) is 36.1. The molecule has 0 N–H and O–H groups in total. The van der Waals surface area contributed by atoms with E-state index in [2.05, 4.69) is 245 Å². The molecule has 0 aromatic heterocycles. The van der Waals surface area contributed by atoms with Gasteiger partial charge in [-0.1, -0.05) is 121 Å². The molecule has 9 aromatic rings. The second-order valence-corrected chi connectivity index (χ2v) is 40.9. The molecular weight excluding hydrogens is 1420 g/mol. The van der Waals surface area contributed by atoms with Gasteiger partial charge < -0.3 is 81.1 Å². The van der Waals surface area contributed by atoms with Crippen LogP contribution in [0.1, 0.15) is 53.5 Å². The monoisotopic (exact) mass is 1530 g/mol. The molecule has 0 saturated carbocycles.